The van der Waals surface area contributed by atoms with Crippen LogP contribution in [0, 0.1) is 17.5 Å². The molecule has 0 saturated heterocycles. The second-order valence-corrected chi connectivity index (χ2v) is 7.94. The molecular weight excluding hydrogens is 454 g/mol. The highest BCUT2D eigenvalue weighted by Crippen LogP contribution is 2.19. The first-order valence-electron chi connectivity index (χ1n) is 10.6. The van der Waals surface area contributed by atoms with Crippen LogP contribution in [0.25, 0.3) is 0 Å². The third kappa shape index (κ3) is 5.08. The number of nitrogens with one attached hydrogen (secondary N) is 1. The molecule has 178 valence electrons. The molecule has 0 radical (unpaired) electrons. The van der Waals surface area contributed by atoms with Gasteiger partial charge in [-0.25, -0.2) is 17.6 Å². The van der Waals surface area contributed by atoms with Gasteiger partial charge in [0, 0.05) is 37.2 Å². The molecule has 3 aromatic rings. The maximum absolute atomic E-state index is 14.3. The van der Waals surface area contributed by atoms with Crippen molar-refractivity contribution in [2.24, 2.45) is 0 Å². The van der Waals surface area contributed by atoms with Gasteiger partial charge in [0.2, 0.25) is 5.91 Å². The minimum atomic E-state index is -1.33. The number of halogens is 4. The van der Waals surface area contributed by atoms with Crippen molar-refractivity contribution in [1.29, 1.82) is 0 Å². The van der Waals surface area contributed by atoms with Crippen molar-refractivity contribution in [3.63, 3.8) is 0 Å². The number of carbonyl (C=O) groups excluding carboxylic acids is 2. The van der Waals surface area contributed by atoms with Gasteiger partial charge in [0.25, 0.3) is 5.91 Å². The third-order valence-corrected chi connectivity index (χ3v) is 5.65. The topological polar surface area (TPSA) is 80.1 Å². The number of nitrogens with zero attached hydrogens (tertiary/aromatic N) is 4. The smallest absolute Gasteiger partial charge is 0.251 e. The van der Waals surface area contributed by atoms with Gasteiger partial charge in [-0.05, 0) is 30.2 Å². The molecule has 1 aliphatic rings. The summed E-state index contributed by atoms with van der Waals surface area (Å²) >= 11 is 0. The maximum Gasteiger partial charge on any atom is 0.251 e. The van der Waals surface area contributed by atoms with Crippen LogP contribution in [0.4, 0.5) is 17.6 Å². The number of alkyl halides is 1. The predicted octanol–water partition coefficient (Wildman–Crippen LogP) is 2.94. The SMILES string of the molecule is O=C(N[C@@H](CC(=O)N1CCn2c(CF)nnc2C1)Cc1cc(F)c(F)cc1F)c1ccccc1. The van der Waals surface area contributed by atoms with Crippen LogP contribution in [0.15, 0.2) is 42.5 Å². The van der Waals surface area contributed by atoms with E-state index in [1.807, 2.05) is 0 Å². The van der Waals surface area contributed by atoms with Gasteiger partial charge in [-0.1, -0.05) is 18.2 Å². The standard InChI is InChI=1S/C23H21F4N5O2/c24-12-20-29-30-21-13-31(6-7-32(20)21)22(33)10-16(28-23(34)14-4-2-1-3-5-14)8-15-9-18(26)19(27)11-17(15)25/h1-5,9,11,16H,6-8,10,12-13H2,(H,28,34)/t16-/m1/s1. The number of fused-ring (bicyclic) bond motifs is 1. The summed E-state index contributed by atoms with van der Waals surface area (Å²) in [5.41, 5.74) is 0.159. The highest BCUT2D eigenvalue weighted by molar-refractivity contribution is 5.94. The van der Waals surface area contributed by atoms with Crippen LogP contribution in [0.5, 0.6) is 0 Å². The molecule has 34 heavy (non-hydrogen) atoms. The lowest BCUT2D eigenvalue weighted by Gasteiger charge is -2.29. The summed E-state index contributed by atoms with van der Waals surface area (Å²) in [6.45, 7) is -0.0824. The van der Waals surface area contributed by atoms with Gasteiger partial charge in [-0.15, -0.1) is 10.2 Å². The molecule has 11 heteroatoms. The zero-order valence-corrected chi connectivity index (χ0v) is 18.0. The fourth-order valence-corrected chi connectivity index (χ4v) is 3.89. The number of aromatic nitrogens is 3. The molecule has 0 spiro atoms. The Bertz CT molecular complexity index is 1200. The van der Waals surface area contributed by atoms with E-state index in [9.17, 15) is 27.2 Å². The summed E-state index contributed by atoms with van der Waals surface area (Å²) in [5.74, 6) is -3.77. The number of hydrogen-bond donors (Lipinski definition) is 1. The van der Waals surface area contributed by atoms with E-state index < -0.39 is 36.1 Å². The minimum absolute atomic E-state index is 0.102. The predicted molar refractivity (Wildman–Crippen MR) is 113 cm³/mol. The molecule has 2 aromatic carbocycles. The van der Waals surface area contributed by atoms with Gasteiger partial charge >= 0.3 is 0 Å². The van der Waals surface area contributed by atoms with Gasteiger partial charge in [-0.2, -0.15) is 0 Å². The summed E-state index contributed by atoms with van der Waals surface area (Å²) < 4.78 is 56.0. The Hall–Kier alpha value is -3.76. The van der Waals surface area contributed by atoms with E-state index in [0.29, 0.717) is 24.0 Å². The lowest BCUT2D eigenvalue weighted by molar-refractivity contribution is -0.133. The van der Waals surface area contributed by atoms with Crippen LogP contribution in [-0.4, -0.2) is 44.1 Å². The van der Waals surface area contributed by atoms with E-state index in [1.165, 1.54) is 4.90 Å². The average molecular weight is 475 g/mol. The number of carbonyl (C=O) groups is 2. The van der Waals surface area contributed by atoms with Crippen molar-refractivity contribution >= 4 is 11.8 Å². The molecule has 0 fully saturated rings. The second kappa shape index (κ2) is 10.0. The Morgan fingerprint density at radius 3 is 2.47 bits per heavy atom. The minimum Gasteiger partial charge on any atom is -0.348 e. The van der Waals surface area contributed by atoms with Crippen molar-refractivity contribution in [2.75, 3.05) is 6.54 Å². The van der Waals surface area contributed by atoms with E-state index in [1.54, 1.807) is 34.9 Å². The normalized spacial score (nSPS) is 13.9. The summed E-state index contributed by atoms with van der Waals surface area (Å²) in [4.78, 5) is 27.2. The molecule has 1 aromatic heterocycles. The molecule has 0 aliphatic carbocycles. The summed E-state index contributed by atoms with van der Waals surface area (Å²) in [6.07, 6.45) is -0.454. The lowest BCUT2D eigenvalue weighted by atomic mass is 10.0. The molecule has 4 rings (SSSR count). The van der Waals surface area contributed by atoms with E-state index in [-0.39, 0.29) is 43.2 Å². The number of amides is 2. The average Bonchev–Trinajstić information content (AvgIpc) is 3.25. The van der Waals surface area contributed by atoms with E-state index >= 15 is 0 Å². The Morgan fingerprint density at radius 1 is 1.00 bits per heavy atom. The summed E-state index contributed by atoms with van der Waals surface area (Å²) in [5, 5.41) is 10.4. The molecular formula is C23H21F4N5O2. The molecule has 0 unspecified atom stereocenters. The van der Waals surface area contributed by atoms with Crippen molar-refractivity contribution in [1.82, 2.24) is 25.0 Å². The molecule has 1 atom stereocenters. The van der Waals surface area contributed by atoms with Gasteiger partial charge in [-0.3, -0.25) is 9.59 Å². The van der Waals surface area contributed by atoms with Gasteiger partial charge < -0.3 is 14.8 Å². The van der Waals surface area contributed by atoms with Crippen molar-refractivity contribution in [3.8, 4) is 0 Å². The summed E-state index contributed by atoms with van der Waals surface area (Å²) in [7, 11) is 0. The molecule has 2 amide bonds. The van der Waals surface area contributed by atoms with Crippen LogP contribution < -0.4 is 5.32 Å². The zero-order chi connectivity index (χ0) is 24.2. The Labute approximate surface area is 192 Å². The van der Waals surface area contributed by atoms with E-state index in [4.69, 9.17) is 0 Å². The molecule has 2 heterocycles. The van der Waals surface area contributed by atoms with E-state index in [2.05, 4.69) is 15.5 Å². The fourth-order valence-electron chi connectivity index (χ4n) is 3.89. The monoisotopic (exact) mass is 475 g/mol. The molecule has 0 saturated carbocycles. The van der Waals surface area contributed by atoms with E-state index in [0.717, 1.165) is 6.07 Å². The highest BCUT2D eigenvalue weighted by Gasteiger charge is 2.28. The zero-order valence-electron chi connectivity index (χ0n) is 18.0. The molecule has 0 bridgehead atoms. The third-order valence-electron chi connectivity index (χ3n) is 5.65. The quantitative estimate of drug-likeness (QED) is 0.421. The Balaban J connectivity index is 1.52. The van der Waals surface area contributed by atoms with Crippen LogP contribution >= 0.6 is 0 Å². The molecule has 1 N–H and O–H groups in total. The maximum atomic E-state index is 14.3. The van der Waals surface area contributed by atoms with Crippen LogP contribution in [0.2, 0.25) is 0 Å². The second-order valence-electron chi connectivity index (χ2n) is 7.94. The molecule has 7 nitrogen and oxygen atoms in total. The number of rotatable bonds is 7. The number of benzene rings is 2. The van der Waals surface area contributed by atoms with Gasteiger partial charge in [0.1, 0.15) is 12.5 Å². The Morgan fingerprint density at radius 2 is 1.74 bits per heavy atom. The number of hydrogen-bond acceptors (Lipinski definition) is 4. The first-order valence-corrected chi connectivity index (χ1v) is 10.6. The van der Waals surface area contributed by atoms with Gasteiger partial charge in [0.15, 0.2) is 23.3 Å². The van der Waals surface area contributed by atoms with Crippen molar-refractivity contribution in [3.05, 3.63) is 82.7 Å². The fraction of sp³-hybridized carbons (Fsp3) is 0.304. The van der Waals surface area contributed by atoms with Crippen LogP contribution in [0.3, 0.4) is 0 Å². The Kier molecular flexibility index (Phi) is 6.90. The van der Waals surface area contributed by atoms with Crippen LogP contribution in [-0.2, 0) is 31.0 Å². The first-order chi connectivity index (χ1) is 16.4. The molecule has 1 aliphatic heterocycles. The first kappa shape index (κ1) is 23.4. The van der Waals surface area contributed by atoms with Crippen molar-refractivity contribution in [2.45, 2.75) is 38.6 Å². The lowest BCUT2D eigenvalue weighted by Crippen LogP contribution is -2.44. The van der Waals surface area contributed by atoms with Crippen LogP contribution in [0.1, 0.15) is 34.0 Å². The summed E-state index contributed by atoms with van der Waals surface area (Å²) in [6, 6.07) is 8.47. The van der Waals surface area contributed by atoms with Gasteiger partial charge in [0.05, 0.1) is 6.54 Å². The highest BCUT2D eigenvalue weighted by atomic mass is 19.2. The van der Waals surface area contributed by atoms with Crippen molar-refractivity contribution < 1.29 is 27.2 Å². The largest absolute Gasteiger partial charge is 0.348 e.